The van der Waals surface area contributed by atoms with Gasteiger partial charge in [0.15, 0.2) is 0 Å². The highest BCUT2D eigenvalue weighted by atomic mass is 19.4. The molecule has 4 nitrogen and oxygen atoms in total. The summed E-state index contributed by atoms with van der Waals surface area (Å²) < 4.78 is 39.6. The van der Waals surface area contributed by atoms with Crippen LogP contribution in [0.15, 0.2) is 29.4 Å². The lowest BCUT2D eigenvalue weighted by atomic mass is 10.1. The van der Waals surface area contributed by atoms with Crippen LogP contribution in [0.3, 0.4) is 0 Å². The minimum Gasteiger partial charge on any atom is -0.406 e. The predicted molar refractivity (Wildman–Crippen MR) is 57.0 cm³/mol. The zero-order chi connectivity index (χ0) is 13.3. The molecule has 0 bridgehead atoms. The lowest BCUT2D eigenvalue weighted by Crippen LogP contribution is -2.17. The molecule has 0 radical (unpaired) electrons. The highest BCUT2D eigenvalue weighted by Crippen LogP contribution is 2.23. The fraction of sp³-hybridized carbons (Fsp3) is 0.273. The van der Waals surface area contributed by atoms with Crippen LogP contribution in [0, 0.1) is 0 Å². The molecule has 0 spiro atoms. The third-order valence-electron chi connectivity index (χ3n) is 2.37. The smallest absolute Gasteiger partial charge is 0.406 e. The van der Waals surface area contributed by atoms with E-state index in [0.717, 1.165) is 0 Å². The van der Waals surface area contributed by atoms with Gasteiger partial charge in [0.2, 0.25) is 5.91 Å². The third-order valence-corrected chi connectivity index (χ3v) is 2.37. The Hall–Kier alpha value is -2.05. The molecule has 0 unspecified atom stereocenters. The lowest BCUT2D eigenvalue weighted by Gasteiger charge is -2.08. The molecule has 1 heterocycles. The maximum Gasteiger partial charge on any atom is 0.573 e. The molecule has 0 fully saturated rings. The third kappa shape index (κ3) is 2.79. The number of hydrazone groups is 1. The molecule has 2 rings (SSSR count). The Bertz CT molecular complexity index is 494. The van der Waals surface area contributed by atoms with E-state index >= 15 is 0 Å². The zero-order valence-electron chi connectivity index (χ0n) is 9.36. The molecule has 1 aliphatic heterocycles. The predicted octanol–water partition coefficient (Wildman–Crippen LogP) is 2.15. The van der Waals surface area contributed by atoms with Crippen LogP contribution in [-0.2, 0) is 4.79 Å². The molecule has 96 valence electrons. The summed E-state index contributed by atoms with van der Waals surface area (Å²) in [6.45, 7) is 0. The number of ether oxygens (including phenoxy) is 1. The van der Waals surface area contributed by atoms with Gasteiger partial charge in [-0.25, -0.2) is 5.01 Å². The summed E-state index contributed by atoms with van der Waals surface area (Å²) in [5, 5.41) is 5.19. The van der Waals surface area contributed by atoms with Gasteiger partial charge in [0, 0.05) is 7.05 Å². The molecule has 0 N–H and O–H groups in total. The van der Waals surface area contributed by atoms with E-state index in [1.54, 1.807) is 0 Å². The lowest BCUT2D eigenvalue weighted by molar-refractivity contribution is -0.274. The average Bonchev–Trinajstić information content (AvgIpc) is 2.58. The van der Waals surface area contributed by atoms with Gasteiger partial charge in [-0.1, -0.05) is 0 Å². The van der Waals surface area contributed by atoms with E-state index in [0.29, 0.717) is 11.3 Å². The zero-order valence-corrected chi connectivity index (χ0v) is 9.36. The van der Waals surface area contributed by atoms with Crippen LogP contribution >= 0.6 is 0 Å². The molecule has 0 aromatic heterocycles. The first-order valence-electron chi connectivity index (χ1n) is 5.05. The highest BCUT2D eigenvalue weighted by Gasteiger charge is 2.31. The van der Waals surface area contributed by atoms with Crippen molar-refractivity contribution in [2.45, 2.75) is 12.8 Å². The van der Waals surface area contributed by atoms with Gasteiger partial charge in [0.25, 0.3) is 0 Å². The second-order valence-electron chi connectivity index (χ2n) is 3.71. The molecule has 18 heavy (non-hydrogen) atoms. The van der Waals surface area contributed by atoms with E-state index < -0.39 is 6.36 Å². The summed E-state index contributed by atoms with van der Waals surface area (Å²) in [7, 11) is 1.52. The standard InChI is InChI=1S/C11H9F3N2O2/c1-16-10(17)6-9(15-16)7-2-4-8(5-3-7)18-11(12,13)14/h2-5H,6H2,1H3. The van der Waals surface area contributed by atoms with E-state index in [1.165, 1.54) is 36.3 Å². The van der Waals surface area contributed by atoms with Crippen molar-refractivity contribution in [3.63, 3.8) is 0 Å². The van der Waals surface area contributed by atoms with Crippen LogP contribution < -0.4 is 4.74 Å². The van der Waals surface area contributed by atoms with Crippen LogP contribution in [0.4, 0.5) is 13.2 Å². The van der Waals surface area contributed by atoms with E-state index in [-0.39, 0.29) is 18.1 Å². The van der Waals surface area contributed by atoms with Crippen LogP contribution in [-0.4, -0.2) is 30.0 Å². The Balaban J connectivity index is 2.14. The summed E-state index contributed by atoms with van der Waals surface area (Å²) >= 11 is 0. The van der Waals surface area contributed by atoms with E-state index in [9.17, 15) is 18.0 Å². The van der Waals surface area contributed by atoms with Gasteiger partial charge in [-0.3, -0.25) is 4.79 Å². The molecule has 0 saturated heterocycles. The van der Waals surface area contributed by atoms with Crippen molar-refractivity contribution in [2.24, 2.45) is 5.10 Å². The van der Waals surface area contributed by atoms with Gasteiger partial charge >= 0.3 is 6.36 Å². The monoisotopic (exact) mass is 258 g/mol. The van der Waals surface area contributed by atoms with Gasteiger partial charge in [-0.05, 0) is 29.8 Å². The molecule has 1 aromatic rings. The summed E-state index contributed by atoms with van der Waals surface area (Å²) in [4.78, 5) is 11.3. The second-order valence-corrected chi connectivity index (χ2v) is 3.71. The molecule has 1 aliphatic rings. The summed E-state index contributed by atoms with van der Waals surface area (Å²) in [5.41, 5.74) is 1.13. The topological polar surface area (TPSA) is 41.9 Å². The molecule has 7 heteroatoms. The largest absolute Gasteiger partial charge is 0.573 e. The molecule has 0 aliphatic carbocycles. The fourth-order valence-corrected chi connectivity index (χ4v) is 1.54. The number of carbonyl (C=O) groups is 1. The molecular formula is C11H9F3N2O2. The number of halogens is 3. The van der Waals surface area contributed by atoms with Gasteiger partial charge < -0.3 is 4.74 Å². The Morgan fingerprint density at radius 1 is 1.28 bits per heavy atom. The van der Waals surface area contributed by atoms with Crippen molar-refractivity contribution in [3.05, 3.63) is 29.8 Å². The molecule has 0 saturated carbocycles. The minimum absolute atomic E-state index is 0.149. The van der Waals surface area contributed by atoms with Crippen molar-refractivity contribution in [2.75, 3.05) is 7.05 Å². The Kier molecular flexibility index (Phi) is 2.98. The first-order chi connectivity index (χ1) is 8.35. The van der Waals surface area contributed by atoms with E-state index in [4.69, 9.17) is 0 Å². The van der Waals surface area contributed by atoms with Crippen molar-refractivity contribution in [1.82, 2.24) is 5.01 Å². The quantitative estimate of drug-likeness (QED) is 0.815. The maximum atomic E-state index is 11.9. The average molecular weight is 258 g/mol. The van der Waals surface area contributed by atoms with Gasteiger partial charge in [0.1, 0.15) is 5.75 Å². The number of hydrogen-bond donors (Lipinski definition) is 0. The highest BCUT2D eigenvalue weighted by molar-refractivity contribution is 6.13. The molecular weight excluding hydrogens is 249 g/mol. The number of nitrogens with zero attached hydrogens (tertiary/aromatic N) is 2. The second kappa shape index (κ2) is 4.32. The summed E-state index contributed by atoms with van der Waals surface area (Å²) in [5.74, 6) is -0.454. The summed E-state index contributed by atoms with van der Waals surface area (Å²) in [6, 6.07) is 5.25. The number of benzene rings is 1. The van der Waals surface area contributed by atoms with Crippen molar-refractivity contribution < 1.29 is 22.7 Å². The first-order valence-corrected chi connectivity index (χ1v) is 5.05. The van der Waals surface area contributed by atoms with Gasteiger partial charge in [0.05, 0.1) is 12.1 Å². The molecule has 1 aromatic carbocycles. The number of rotatable bonds is 2. The van der Waals surface area contributed by atoms with Crippen molar-refractivity contribution in [3.8, 4) is 5.75 Å². The van der Waals surface area contributed by atoms with Gasteiger partial charge in [-0.15, -0.1) is 13.2 Å². The van der Waals surface area contributed by atoms with Crippen LogP contribution in [0.2, 0.25) is 0 Å². The summed E-state index contributed by atoms with van der Waals surface area (Å²) in [6.07, 6.45) is -4.56. The van der Waals surface area contributed by atoms with Crippen LogP contribution in [0.5, 0.6) is 5.75 Å². The number of carbonyl (C=O) groups excluding carboxylic acids is 1. The SMILES string of the molecule is CN1N=C(c2ccc(OC(F)(F)F)cc2)CC1=O. The maximum absolute atomic E-state index is 11.9. The van der Waals surface area contributed by atoms with Crippen LogP contribution in [0.25, 0.3) is 0 Å². The number of amides is 1. The van der Waals surface area contributed by atoms with Crippen LogP contribution in [0.1, 0.15) is 12.0 Å². The molecule has 1 amide bonds. The first kappa shape index (κ1) is 12.4. The van der Waals surface area contributed by atoms with E-state index in [1.807, 2.05) is 0 Å². The Labute approximate surface area is 101 Å². The minimum atomic E-state index is -4.71. The normalized spacial score (nSPS) is 15.9. The van der Waals surface area contributed by atoms with Crippen molar-refractivity contribution in [1.29, 1.82) is 0 Å². The number of hydrogen-bond acceptors (Lipinski definition) is 3. The Morgan fingerprint density at radius 2 is 1.89 bits per heavy atom. The van der Waals surface area contributed by atoms with E-state index in [2.05, 4.69) is 9.84 Å². The fourth-order valence-electron chi connectivity index (χ4n) is 1.54. The number of alkyl halides is 3. The van der Waals surface area contributed by atoms with Gasteiger partial charge in [-0.2, -0.15) is 5.10 Å². The Morgan fingerprint density at radius 3 is 2.33 bits per heavy atom. The van der Waals surface area contributed by atoms with Crippen molar-refractivity contribution >= 4 is 11.6 Å². The molecule has 0 atom stereocenters.